The molecule has 1 fully saturated rings. The van der Waals surface area contributed by atoms with E-state index in [0.29, 0.717) is 6.54 Å². The summed E-state index contributed by atoms with van der Waals surface area (Å²) in [5.41, 5.74) is 0.756. The summed E-state index contributed by atoms with van der Waals surface area (Å²) in [4.78, 5) is 13.9. The molecular weight excluding hydrogens is 267 g/mol. The Hall–Kier alpha value is -1.13. The molecule has 0 aromatic heterocycles. The van der Waals surface area contributed by atoms with Gasteiger partial charge in [-0.25, -0.2) is 4.39 Å². The Bertz CT molecular complexity index is 461. The average molecular weight is 285 g/mol. The third-order valence-electron chi connectivity index (χ3n) is 3.47. The number of hydrogen-bond acceptors (Lipinski definition) is 2. The van der Waals surface area contributed by atoms with E-state index in [2.05, 4.69) is 5.32 Å². The van der Waals surface area contributed by atoms with E-state index in [9.17, 15) is 9.18 Å². The summed E-state index contributed by atoms with van der Waals surface area (Å²) in [7, 11) is 1.76. The van der Waals surface area contributed by atoms with Crippen LogP contribution in [0.4, 0.5) is 4.39 Å². The van der Waals surface area contributed by atoms with Gasteiger partial charge in [-0.2, -0.15) is 0 Å². The van der Waals surface area contributed by atoms with E-state index < -0.39 is 5.82 Å². The first kappa shape index (κ1) is 14.3. The van der Waals surface area contributed by atoms with Crippen LogP contribution in [0.1, 0.15) is 18.4 Å². The summed E-state index contributed by atoms with van der Waals surface area (Å²) in [5.74, 6) is -0.220. The molecule has 1 aliphatic rings. The highest BCUT2D eigenvalue weighted by molar-refractivity contribution is 6.30. The number of benzene rings is 1. The van der Waals surface area contributed by atoms with Crippen molar-refractivity contribution in [3.05, 3.63) is 34.6 Å². The van der Waals surface area contributed by atoms with Gasteiger partial charge in [0.2, 0.25) is 5.91 Å². The van der Waals surface area contributed by atoms with Crippen LogP contribution in [0.15, 0.2) is 18.2 Å². The summed E-state index contributed by atoms with van der Waals surface area (Å²) in [6.45, 7) is 2.19. The number of amides is 1. The normalized spacial score (nSPS) is 16.4. The second-order valence-electron chi connectivity index (χ2n) is 4.97. The number of nitrogens with zero attached hydrogens (tertiary/aromatic N) is 1. The van der Waals surface area contributed by atoms with Crippen molar-refractivity contribution in [1.29, 1.82) is 0 Å². The van der Waals surface area contributed by atoms with Crippen molar-refractivity contribution in [3.8, 4) is 0 Å². The van der Waals surface area contributed by atoms with Gasteiger partial charge >= 0.3 is 0 Å². The minimum atomic E-state index is -0.443. The maximum atomic E-state index is 13.3. The van der Waals surface area contributed by atoms with Crippen LogP contribution in [0.3, 0.4) is 0 Å². The molecule has 1 amide bonds. The van der Waals surface area contributed by atoms with Gasteiger partial charge in [-0.05, 0) is 43.6 Å². The standard InChI is InChI=1S/C14H18ClFN2O/c1-18(14(19)11-4-6-17-7-5-11)9-10-2-3-12(15)13(16)8-10/h2-3,8,11,17H,4-7,9H2,1H3. The predicted molar refractivity (Wildman–Crippen MR) is 73.5 cm³/mol. The number of piperidine rings is 1. The number of hydrogen-bond donors (Lipinski definition) is 1. The zero-order valence-corrected chi connectivity index (χ0v) is 11.7. The van der Waals surface area contributed by atoms with Crippen LogP contribution in [0.25, 0.3) is 0 Å². The number of rotatable bonds is 3. The number of carbonyl (C=O) groups excluding carboxylic acids is 1. The average Bonchev–Trinajstić information content (AvgIpc) is 2.43. The van der Waals surface area contributed by atoms with Gasteiger partial charge in [0.15, 0.2) is 0 Å². The lowest BCUT2D eigenvalue weighted by Gasteiger charge is -2.27. The second kappa shape index (κ2) is 6.35. The Balaban J connectivity index is 1.97. The summed E-state index contributed by atoms with van der Waals surface area (Å²) in [6.07, 6.45) is 1.75. The predicted octanol–water partition coefficient (Wildman–Crippen LogP) is 2.44. The molecule has 0 radical (unpaired) electrons. The Morgan fingerprint density at radius 1 is 1.47 bits per heavy atom. The van der Waals surface area contributed by atoms with Crippen molar-refractivity contribution in [1.82, 2.24) is 10.2 Å². The zero-order valence-electron chi connectivity index (χ0n) is 11.0. The van der Waals surface area contributed by atoms with Gasteiger partial charge in [0.25, 0.3) is 0 Å². The van der Waals surface area contributed by atoms with Crippen LogP contribution in [0, 0.1) is 11.7 Å². The van der Waals surface area contributed by atoms with Crippen molar-refractivity contribution in [3.63, 3.8) is 0 Å². The Labute approximate surface area is 117 Å². The third-order valence-corrected chi connectivity index (χ3v) is 3.77. The fraction of sp³-hybridized carbons (Fsp3) is 0.500. The molecule has 1 saturated heterocycles. The first-order chi connectivity index (χ1) is 9.08. The van der Waals surface area contributed by atoms with Crippen LogP contribution in [-0.4, -0.2) is 30.9 Å². The second-order valence-corrected chi connectivity index (χ2v) is 5.37. The summed E-state index contributed by atoms with van der Waals surface area (Å²) in [5, 5.41) is 3.34. The molecule has 5 heteroatoms. The smallest absolute Gasteiger partial charge is 0.225 e. The summed E-state index contributed by atoms with van der Waals surface area (Å²) in [6, 6.07) is 4.65. The molecule has 1 aromatic carbocycles. The minimum absolute atomic E-state index is 0.0865. The SMILES string of the molecule is CN(Cc1ccc(Cl)c(F)c1)C(=O)C1CCNCC1. The van der Waals surface area contributed by atoms with Gasteiger partial charge in [-0.1, -0.05) is 17.7 Å². The van der Waals surface area contributed by atoms with Gasteiger partial charge in [0.05, 0.1) is 5.02 Å². The van der Waals surface area contributed by atoms with E-state index in [1.54, 1.807) is 18.0 Å². The molecule has 1 aliphatic heterocycles. The van der Waals surface area contributed by atoms with E-state index >= 15 is 0 Å². The van der Waals surface area contributed by atoms with Crippen molar-refractivity contribution < 1.29 is 9.18 Å². The van der Waals surface area contributed by atoms with Gasteiger partial charge in [-0.3, -0.25) is 4.79 Å². The lowest BCUT2D eigenvalue weighted by Crippen LogP contribution is -2.38. The molecule has 2 rings (SSSR count). The van der Waals surface area contributed by atoms with Crippen LogP contribution in [0.2, 0.25) is 5.02 Å². The van der Waals surface area contributed by atoms with E-state index in [-0.39, 0.29) is 16.8 Å². The zero-order chi connectivity index (χ0) is 13.8. The fourth-order valence-electron chi connectivity index (χ4n) is 2.37. The van der Waals surface area contributed by atoms with Gasteiger partial charge in [-0.15, -0.1) is 0 Å². The first-order valence-corrected chi connectivity index (χ1v) is 6.85. The van der Waals surface area contributed by atoms with Crippen molar-refractivity contribution in [2.75, 3.05) is 20.1 Å². The lowest BCUT2D eigenvalue weighted by atomic mass is 9.96. The van der Waals surface area contributed by atoms with Crippen molar-refractivity contribution in [2.45, 2.75) is 19.4 Å². The Morgan fingerprint density at radius 2 is 2.16 bits per heavy atom. The van der Waals surface area contributed by atoms with E-state index in [4.69, 9.17) is 11.6 Å². The highest BCUT2D eigenvalue weighted by Crippen LogP contribution is 2.19. The van der Waals surface area contributed by atoms with Crippen molar-refractivity contribution >= 4 is 17.5 Å². The van der Waals surface area contributed by atoms with Crippen LogP contribution in [0.5, 0.6) is 0 Å². The maximum Gasteiger partial charge on any atom is 0.225 e. The number of nitrogens with one attached hydrogen (secondary N) is 1. The van der Waals surface area contributed by atoms with Crippen LogP contribution in [-0.2, 0) is 11.3 Å². The molecule has 0 spiro atoms. The maximum absolute atomic E-state index is 13.3. The Morgan fingerprint density at radius 3 is 2.79 bits per heavy atom. The molecule has 3 nitrogen and oxygen atoms in total. The molecule has 1 heterocycles. The highest BCUT2D eigenvalue weighted by atomic mass is 35.5. The topological polar surface area (TPSA) is 32.3 Å². The molecule has 0 saturated carbocycles. The molecule has 1 aromatic rings. The fourth-order valence-corrected chi connectivity index (χ4v) is 2.49. The Kier molecular flexibility index (Phi) is 4.77. The minimum Gasteiger partial charge on any atom is -0.341 e. The molecular formula is C14H18ClFN2O. The summed E-state index contributed by atoms with van der Waals surface area (Å²) < 4.78 is 13.3. The van der Waals surface area contributed by atoms with Gasteiger partial charge < -0.3 is 10.2 Å². The molecule has 0 bridgehead atoms. The quantitative estimate of drug-likeness (QED) is 0.925. The number of carbonyl (C=O) groups is 1. The molecule has 0 unspecified atom stereocenters. The molecule has 19 heavy (non-hydrogen) atoms. The van der Waals surface area contributed by atoms with E-state index in [1.807, 2.05) is 0 Å². The van der Waals surface area contributed by atoms with Gasteiger partial charge in [0.1, 0.15) is 5.82 Å². The largest absolute Gasteiger partial charge is 0.341 e. The van der Waals surface area contributed by atoms with Crippen molar-refractivity contribution in [2.24, 2.45) is 5.92 Å². The number of halogens is 2. The first-order valence-electron chi connectivity index (χ1n) is 6.47. The highest BCUT2D eigenvalue weighted by Gasteiger charge is 2.23. The van der Waals surface area contributed by atoms with E-state index in [0.717, 1.165) is 31.5 Å². The molecule has 0 atom stereocenters. The molecule has 104 valence electrons. The third kappa shape index (κ3) is 3.67. The van der Waals surface area contributed by atoms with Crippen LogP contribution < -0.4 is 5.32 Å². The van der Waals surface area contributed by atoms with E-state index in [1.165, 1.54) is 12.1 Å². The van der Waals surface area contributed by atoms with Gasteiger partial charge in [0, 0.05) is 19.5 Å². The molecule has 1 N–H and O–H groups in total. The lowest BCUT2D eigenvalue weighted by molar-refractivity contribution is -0.135. The summed E-state index contributed by atoms with van der Waals surface area (Å²) >= 11 is 5.64. The monoisotopic (exact) mass is 284 g/mol. The van der Waals surface area contributed by atoms with Crippen LogP contribution >= 0.6 is 11.6 Å². The molecule has 0 aliphatic carbocycles.